The predicted octanol–water partition coefficient (Wildman–Crippen LogP) is 3.84. The van der Waals surface area contributed by atoms with Crippen molar-refractivity contribution >= 4 is 17.0 Å². The van der Waals surface area contributed by atoms with Gasteiger partial charge in [0, 0.05) is 18.7 Å². The van der Waals surface area contributed by atoms with E-state index in [-0.39, 0.29) is 5.91 Å². The second kappa shape index (κ2) is 7.09. The molecule has 0 radical (unpaired) electrons. The van der Waals surface area contributed by atoms with Crippen LogP contribution in [0.15, 0.2) is 82.0 Å². The summed E-state index contributed by atoms with van der Waals surface area (Å²) in [4.78, 5) is 27.4. The fraction of sp³-hybridized carbons (Fsp3) is 0.167. The highest BCUT2D eigenvalue weighted by Crippen LogP contribution is 2.22. The molecule has 29 heavy (non-hydrogen) atoms. The predicted molar refractivity (Wildman–Crippen MR) is 111 cm³/mol. The molecule has 1 amide bonds. The fourth-order valence-electron chi connectivity index (χ4n) is 3.96. The van der Waals surface area contributed by atoms with Crippen LogP contribution in [0.2, 0.25) is 0 Å². The largest absolute Gasteiger partial charge is 0.420 e. The third-order valence-corrected chi connectivity index (χ3v) is 5.52. The molecule has 5 nitrogen and oxygen atoms in total. The van der Waals surface area contributed by atoms with E-state index < -0.39 is 5.76 Å². The van der Waals surface area contributed by atoms with Crippen molar-refractivity contribution in [2.75, 3.05) is 6.54 Å². The lowest BCUT2D eigenvalue weighted by Gasteiger charge is -2.29. The number of nitrogens with zero attached hydrogens (tertiary/aromatic N) is 2. The van der Waals surface area contributed by atoms with Gasteiger partial charge >= 0.3 is 5.76 Å². The molecule has 0 atom stereocenters. The monoisotopic (exact) mass is 384 g/mol. The van der Waals surface area contributed by atoms with Crippen molar-refractivity contribution in [2.45, 2.75) is 19.5 Å². The lowest BCUT2D eigenvalue weighted by atomic mass is 9.99. The summed E-state index contributed by atoms with van der Waals surface area (Å²) in [6.07, 6.45) is 0.856. The number of fused-ring (bicyclic) bond motifs is 2. The van der Waals surface area contributed by atoms with Crippen molar-refractivity contribution in [3.05, 3.63) is 106 Å². The summed E-state index contributed by atoms with van der Waals surface area (Å²) in [5, 5.41) is 0. The standard InChI is InChI=1S/C24H20N2O3/c27-23(25-13-12-18-8-4-5-9-20(18)16-25)19-10-11-22-21(14-19)26(24(28)29-22)15-17-6-2-1-3-7-17/h1-11,14H,12-13,15-16H2. The van der Waals surface area contributed by atoms with Crippen LogP contribution in [0.1, 0.15) is 27.0 Å². The van der Waals surface area contributed by atoms with Gasteiger partial charge in [-0.1, -0.05) is 54.6 Å². The first-order valence-electron chi connectivity index (χ1n) is 9.72. The maximum absolute atomic E-state index is 13.1. The number of oxazole rings is 1. The number of aromatic nitrogens is 1. The van der Waals surface area contributed by atoms with Gasteiger partial charge in [-0.05, 0) is 41.3 Å². The second-order valence-corrected chi connectivity index (χ2v) is 7.37. The third kappa shape index (κ3) is 3.25. The van der Waals surface area contributed by atoms with Gasteiger partial charge in [0.25, 0.3) is 5.91 Å². The van der Waals surface area contributed by atoms with Crippen LogP contribution in [-0.2, 0) is 19.5 Å². The quantitative estimate of drug-likeness (QED) is 0.539. The van der Waals surface area contributed by atoms with Gasteiger partial charge in [-0.2, -0.15) is 0 Å². The van der Waals surface area contributed by atoms with Crippen LogP contribution in [0.4, 0.5) is 0 Å². The smallest absolute Gasteiger partial charge is 0.408 e. The van der Waals surface area contributed by atoms with E-state index in [9.17, 15) is 9.59 Å². The van der Waals surface area contributed by atoms with E-state index in [4.69, 9.17) is 4.42 Å². The molecule has 5 rings (SSSR count). The maximum Gasteiger partial charge on any atom is 0.420 e. The molecule has 0 aliphatic carbocycles. The van der Waals surface area contributed by atoms with Gasteiger partial charge in [0.1, 0.15) is 0 Å². The third-order valence-electron chi connectivity index (χ3n) is 5.52. The van der Waals surface area contributed by atoms with E-state index >= 15 is 0 Å². The van der Waals surface area contributed by atoms with Crippen LogP contribution in [0.5, 0.6) is 0 Å². The summed E-state index contributed by atoms with van der Waals surface area (Å²) in [5.41, 5.74) is 5.20. The Balaban J connectivity index is 1.47. The second-order valence-electron chi connectivity index (χ2n) is 7.37. The number of carbonyl (C=O) groups is 1. The van der Waals surface area contributed by atoms with Crippen molar-refractivity contribution in [2.24, 2.45) is 0 Å². The highest BCUT2D eigenvalue weighted by atomic mass is 16.4. The van der Waals surface area contributed by atoms with Gasteiger partial charge in [-0.25, -0.2) is 4.79 Å². The molecular formula is C24H20N2O3. The topological polar surface area (TPSA) is 55.5 Å². The first kappa shape index (κ1) is 17.5. The Morgan fingerprint density at radius 1 is 0.931 bits per heavy atom. The van der Waals surface area contributed by atoms with Gasteiger partial charge in [-0.3, -0.25) is 9.36 Å². The molecule has 1 aliphatic rings. The molecule has 144 valence electrons. The first-order chi connectivity index (χ1) is 14.2. The zero-order valence-electron chi connectivity index (χ0n) is 15.9. The Labute approximate surface area is 167 Å². The van der Waals surface area contributed by atoms with E-state index in [1.807, 2.05) is 47.4 Å². The van der Waals surface area contributed by atoms with Crippen molar-refractivity contribution < 1.29 is 9.21 Å². The van der Waals surface area contributed by atoms with Crippen LogP contribution >= 0.6 is 0 Å². The molecule has 0 unspecified atom stereocenters. The Morgan fingerprint density at radius 2 is 1.69 bits per heavy atom. The summed E-state index contributed by atoms with van der Waals surface area (Å²) in [5.74, 6) is -0.443. The summed E-state index contributed by atoms with van der Waals surface area (Å²) in [7, 11) is 0. The minimum atomic E-state index is -0.416. The summed E-state index contributed by atoms with van der Waals surface area (Å²) in [6.45, 7) is 1.70. The number of rotatable bonds is 3. The zero-order chi connectivity index (χ0) is 19.8. The average molecular weight is 384 g/mol. The molecular weight excluding hydrogens is 364 g/mol. The minimum Gasteiger partial charge on any atom is -0.408 e. The molecule has 4 aromatic rings. The number of carbonyl (C=O) groups excluding carboxylic acids is 1. The molecule has 0 bridgehead atoms. The van der Waals surface area contributed by atoms with Crippen LogP contribution in [0.25, 0.3) is 11.1 Å². The van der Waals surface area contributed by atoms with Crippen molar-refractivity contribution in [3.8, 4) is 0 Å². The van der Waals surface area contributed by atoms with E-state index in [2.05, 4.69) is 12.1 Å². The van der Waals surface area contributed by atoms with E-state index in [1.165, 1.54) is 11.1 Å². The Kier molecular flexibility index (Phi) is 4.28. The van der Waals surface area contributed by atoms with Crippen molar-refractivity contribution in [3.63, 3.8) is 0 Å². The molecule has 0 spiro atoms. The van der Waals surface area contributed by atoms with Crippen LogP contribution < -0.4 is 5.76 Å². The van der Waals surface area contributed by atoms with Gasteiger partial charge in [0.2, 0.25) is 0 Å². The summed E-state index contributed by atoms with van der Waals surface area (Å²) >= 11 is 0. The zero-order valence-corrected chi connectivity index (χ0v) is 15.9. The lowest BCUT2D eigenvalue weighted by molar-refractivity contribution is 0.0735. The van der Waals surface area contributed by atoms with Gasteiger partial charge in [0.15, 0.2) is 5.58 Å². The van der Waals surface area contributed by atoms with E-state index in [0.717, 1.165) is 12.0 Å². The SMILES string of the molecule is O=C(c1ccc2oc(=O)n(Cc3ccccc3)c2c1)N1CCc2ccccc2C1. The highest BCUT2D eigenvalue weighted by Gasteiger charge is 2.22. The Hall–Kier alpha value is -3.60. The van der Waals surface area contributed by atoms with Crippen LogP contribution in [0.3, 0.4) is 0 Å². The Bertz CT molecular complexity index is 1250. The van der Waals surface area contributed by atoms with Crippen LogP contribution in [0, 0.1) is 0 Å². The number of hydrogen-bond donors (Lipinski definition) is 0. The van der Waals surface area contributed by atoms with Gasteiger partial charge in [-0.15, -0.1) is 0 Å². The van der Waals surface area contributed by atoms with E-state index in [0.29, 0.717) is 36.3 Å². The number of amides is 1. The summed E-state index contributed by atoms with van der Waals surface area (Å²) < 4.78 is 6.96. The van der Waals surface area contributed by atoms with Crippen LogP contribution in [-0.4, -0.2) is 21.9 Å². The molecule has 3 aromatic carbocycles. The summed E-state index contributed by atoms with van der Waals surface area (Å²) in [6, 6.07) is 23.2. The maximum atomic E-state index is 13.1. The van der Waals surface area contributed by atoms with Gasteiger partial charge < -0.3 is 9.32 Å². The lowest BCUT2D eigenvalue weighted by Crippen LogP contribution is -2.35. The number of benzene rings is 3. The van der Waals surface area contributed by atoms with E-state index in [1.54, 1.807) is 22.8 Å². The van der Waals surface area contributed by atoms with Crippen molar-refractivity contribution in [1.29, 1.82) is 0 Å². The molecule has 5 heteroatoms. The van der Waals surface area contributed by atoms with Crippen molar-refractivity contribution in [1.82, 2.24) is 9.47 Å². The molecule has 0 saturated carbocycles. The molecule has 1 aliphatic heterocycles. The highest BCUT2D eigenvalue weighted by molar-refractivity contribution is 5.97. The number of hydrogen-bond acceptors (Lipinski definition) is 3. The average Bonchev–Trinajstić information content (AvgIpc) is 3.08. The molecule has 2 heterocycles. The first-order valence-corrected chi connectivity index (χ1v) is 9.72. The molecule has 1 aromatic heterocycles. The Morgan fingerprint density at radius 3 is 2.52 bits per heavy atom. The molecule has 0 N–H and O–H groups in total. The molecule has 0 fully saturated rings. The van der Waals surface area contributed by atoms with Gasteiger partial charge in [0.05, 0.1) is 12.1 Å². The minimum absolute atomic E-state index is 0.0266. The molecule has 0 saturated heterocycles. The fourth-order valence-corrected chi connectivity index (χ4v) is 3.96. The normalized spacial score (nSPS) is 13.4.